The molecular formula is C13H19N3O2S. The second-order valence-corrected chi connectivity index (χ2v) is 6.59. The molecule has 2 rings (SSSR count). The van der Waals surface area contributed by atoms with Gasteiger partial charge in [-0.25, -0.2) is 8.42 Å². The normalized spacial score (nSPS) is 15.6. The van der Waals surface area contributed by atoms with Crippen LogP contribution in [0.4, 0.5) is 0 Å². The van der Waals surface area contributed by atoms with Gasteiger partial charge in [-0.2, -0.15) is 4.31 Å². The minimum atomic E-state index is -3.48. The zero-order valence-corrected chi connectivity index (χ0v) is 11.8. The first-order valence-electron chi connectivity index (χ1n) is 6.42. The number of hydrogen-bond donors (Lipinski definition) is 2. The number of sulfonamides is 1. The SMILES string of the molecule is C#CCN(CC)S(=O)(=O)c1c[nH]c(CNC2CC2)c1. The van der Waals surface area contributed by atoms with Crippen molar-refractivity contribution >= 4 is 10.0 Å². The van der Waals surface area contributed by atoms with E-state index in [-0.39, 0.29) is 11.4 Å². The van der Waals surface area contributed by atoms with E-state index in [4.69, 9.17) is 6.42 Å². The Hall–Kier alpha value is -1.29. The first-order chi connectivity index (χ1) is 9.07. The van der Waals surface area contributed by atoms with Gasteiger partial charge in [0.1, 0.15) is 0 Å². The second-order valence-electron chi connectivity index (χ2n) is 4.65. The molecule has 1 aromatic rings. The van der Waals surface area contributed by atoms with Crippen molar-refractivity contribution in [2.75, 3.05) is 13.1 Å². The maximum atomic E-state index is 12.3. The number of hydrogen-bond acceptors (Lipinski definition) is 3. The molecule has 0 spiro atoms. The molecule has 0 atom stereocenters. The van der Waals surface area contributed by atoms with Crippen LogP contribution >= 0.6 is 0 Å². The van der Waals surface area contributed by atoms with E-state index in [1.54, 1.807) is 13.0 Å². The van der Waals surface area contributed by atoms with Gasteiger partial charge in [-0.1, -0.05) is 12.8 Å². The van der Waals surface area contributed by atoms with Crippen LogP contribution in [0.25, 0.3) is 0 Å². The summed E-state index contributed by atoms with van der Waals surface area (Å²) in [6.07, 6.45) is 9.14. The zero-order chi connectivity index (χ0) is 13.9. The number of rotatable bonds is 7. The van der Waals surface area contributed by atoms with Crippen LogP contribution in [0.3, 0.4) is 0 Å². The van der Waals surface area contributed by atoms with Crippen LogP contribution in [0.15, 0.2) is 17.2 Å². The average molecular weight is 281 g/mol. The molecule has 0 aromatic carbocycles. The molecular weight excluding hydrogens is 262 g/mol. The highest BCUT2D eigenvalue weighted by Crippen LogP contribution is 2.20. The van der Waals surface area contributed by atoms with E-state index in [0.717, 1.165) is 5.69 Å². The van der Waals surface area contributed by atoms with Crippen LogP contribution in [0, 0.1) is 12.3 Å². The third-order valence-electron chi connectivity index (χ3n) is 3.13. The van der Waals surface area contributed by atoms with Crippen molar-refractivity contribution in [2.24, 2.45) is 0 Å². The minimum Gasteiger partial charge on any atom is -0.363 e. The molecule has 1 aliphatic rings. The van der Waals surface area contributed by atoms with Gasteiger partial charge in [0.25, 0.3) is 0 Å². The Balaban J connectivity index is 2.08. The largest absolute Gasteiger partial charge is 0.363 e. The number of terminal acetylenes is 1. The molecule has 1 fully saturated rings. The third kappa shape index (κ3) is 3.38. The Bertz CT molecular complexity index is 567. The molecule has 0 amide bonds. The lowest BCUT2D eigenvalue weighted by Crippen LogP contribution is -2.31. The van der Waals surface area contributed by atoms with Crippen LogP contribution < -0.4 is 5.32 Å². The monoisotopic (exact) mass is 281 g/mol. The fraction of sp³-hybridized carbons (Fsp3) is 0.538. The summed E-state index contributed by atoms with van der Waals surface area (Å²) in [4.78, 5) is 3.27. The van der Waals surface area contributed by atoms with Gasteiger partial charge in [-0.3, -0.25) is 0 Å². The number of nitrogens with one attached hydrogen (secondary N) is 2. The van der Waals surface area contributed by atoms with Crippen molar-refractivity contribution in [1.29, 1.82) is 0 Å². The molecule has 1 aliphatic carbocycles. The quantitative estimate of drug-likeness (QED) is 0.730. The molecule has 1 aromatic heterocycles. The predicted octanol–water partition coefficient (Wildman–Crippen LogP) is 0.910. The van der Waals surface area contributed by atoms with E-state index in [1.807, 2.05) is 0 Å². The Morgan fingerprint density at radius 3 is 2.89 bits per heavy atom. The smallest absolute Gasteiger partial charge is 0.245 e. The van der Waals surface area contributed by atoms with Crippen LogP contribution in [0.5, 0.6) is 0 Å². The summed E-state index contributed by atoms with van der Waals surface area (Å²) < 4.78 is 25.9. The molecule has 19 heavy (non-hydrogen) atoms. The summed E-state index contributed by atoms with van der Waals surface area (Å²) in [6.45, 7) is 2.91. The van der Waals surface area contributed by atoms with E-state index >= 15 is 0 Å². The molecule has 1 heterocycles. The molecule has 0 radical (unpaired) electrons. The Morgan fingerprint density at radius 1 is 1.58 bits per heavy atom. The lowest BCUT2D eigenvalue weighted by atomic mass is 10.4. The first kappa shape index (κ1) is 14.1. The van der Waals surface area contributed by atoms with Gasteiger partial charge in [-0.05, 0) is 18.9 Å². The van der Waals surface area contributed by atoms with E-state index in [1.165, 1.54) is 23.3 Å². The van der Waals surface area contributed by atoms with Gasteiger partial charge in [0, 0.05) is 31.0 Å². The molecule has 0 unspecified atom stereocenters. The van der Waals surface area contributed by atoms with Crippen molar-refractivity contribution in [2.45, 2.75) is 37.2 Å². The summed E-state index contributed by atoms with van der Waals surface area (Å²) >= 11 is 0. The van der Waals surface area contributed by atoms with E-state index < -0.39 is 10.0 Å². The van der Waals surface area contributed by atoms with Crippen LogP contribution in [-0.2, 0) is 16.6 Å². The summed E-state index contributed by atoms with van der Waals surface area (Å²) in [5.74, 6) is 2.37. The number of aromatic nitrogens is 1. The fourth-order valence-corrected chi connectivity index (χ4v) is 3.21. The average Bonchev–Trinajstić information content (AvgIpc) is 3.09. The van der Waals surface area contributed by atoms with Crippen LogP contribution in [0.2, 0.25) is 0 Å². The standard InChI is InChI=1S/C13H19N3O2S/c1-3-7-16(4-2)19(17,18)13-8-12(15-10-13)9-14-11-5-6-11/h1,8,10-11,14-15H,4-7,9H2,2H3. The molecule has 0 aliphatic heterocycles. The minimum absolute atomic E-state index is 0.0969. The second kappa shape index (κ2) is 5.78. The molecule has 1 saturated carbocycles. The van der Waals surface area contributed by atoms with Crippen LogP contribution in [-0.4, -0.2) is 36.8 Å². The number of nitrogens with zero attached hydrogens (tertiary/aromatic N) is 1. The number of aromatic amines is 1. The summed E-state index contributed by atoms with van der Waals surface area (Å²) in [7, 11) is -3.48. The van der Waals surface area contributed by atoms with Gasteiger partial charge in [-0.15, -0.1) is 6.42 Å². The highest BCUT2D eigenvalue weighted by atomic mass is 32.2. The first-order valence-corrected chi connectivity index (χ1v) is 7.86. The third-order valence-corrected chi connectivity index (χ3v) is 5.03. The molecule has 5 nitrogen and oxygen atoms in total. The maximum Gasteiger partial charge on any atom is 0.245 e. The van der Waals surface area contributed by atoms with Gasteiger partial charge in [0.05, 0.1) is 11.4 Å². The van der Waals surface area contributed by atoms with Crippen molar-refractivity contribution in [1.82, 2.24) is 14.6 Å². The highest BCUT2D eigenvalue weighted by Gasteiger charge is 2.24. The summed E-state index contributed by atoms with van der Waals surface area (Å²) in [5, 5.41) is 3.33. The van der Waals surface area contributed by atoms with E-state index in [2.05, 4.69) is 16.2 Å². The zero-order valence-electron chi connectivity index (χ0n) is 11.0. The van der Waals surface area contributed by atoms with Gasteiger partial charge in [0.2, 0.25) is 10.0 Å². The Labute approximate surface area is 114 Å². The van der Waals surface area contributed by atoms with Gasteiger partial charge < -0.3 is 10.3 Å². The molecule has 6 heteroatoms. The van der Waals surface area contributed by atoms with Gasteiger partial charge in [0.15, 0.2) is 0 Å². The van der Waals surface area contributed by atoms with E-state index in [0.29, 0.717) is 19.1 Å². The molecule has 104 valence electrons. The molecule has 0 saturated heterocycles. The van der Waals surface area contributed by atoms with Crippen molar-refractivity contribution in [3.63, 3.8) is 0 Å². The Morgan fingerprint density at radius 2 is 2.32 bits per heavy atom. The molecule has 0 bridgehead atoms. The molecule has 2 N–H and O–H groups in total. The highest BCUT2D eigenvalue weighted by molar-refractivity contribution is 7.89. The van der Waals surface area contributed by atoms with Crippen molar-refractivity contribution in [3.05, 3.63) is 18.0 Å². The maximum absolute atomic E-state index is 12.3. The fourth-order valence-electron chi connectivity index (χ4n) is 1.83. The Kier molecular flexibility index (Phi) is 4.30. The van der Waals surface area contributed by atoms with E-state index in [9.17, 15) is 8.42 Å². The van der Waals surface area contributed by atoms with Crippen LogP contribution in [0.1, 0.15) is 25.5 Å². The lowest BCUT2D eigenvalue weighted by molar-refractivity contribution is 0.464. The topological polar surface area (TPSA) is 65.2 Å². The van der Waals surface area contributed by atoms with Gasteiger partial charge >= 0.3 is 0 Å². The summed E-state index contributed by atoms with van der Waals surface area (Å²) in [5.41, 5.74) is 0.877. The predicted molar refractivity (Wildman–Crippen MR) is 73.9 cm³/mol. The number of H-pyrrole nitrogens is 1. The van der Waals surface area contributed by atoms with Crippen molar-refractivity contribution < 1.29 is 8.42 Å². The summed E-state index contributed by atoms with van der Waals surface area (Å²) in [6, 6.07) is 2.26. The van der Waals surface area contributed by atoms with Crippen molar-refractivity contribution in [3.8, 4) is 12.3 Å². The lowest BCUT2D eigenvalue weighted by Gasteiger charge is -2.16.